The van der Waals surface area contributed by atoms with Crippen molar-refractivity contribution < 1.29 is 19.4 Å². The number of aromatic nitrogens is 1. The molecular formula is C15H16N2O4S. The Morgan fingerprint density at radius 2 is 2.23 bits per heavy atom. The van der Waals surface area contributed by atoms with E-state index in [1.807, 2.05) is 18.4 Å². The number of benzene rings is 1. The smallest absolute Gasteiger partial charge is 0.334 e. The van der Waals surface area contributed by atoms with Crippen molar-refractivity contribution in [2.24, 2.45) is 0 Å². The van der Waals surface area contributed by atoms with Gasteiger partial charge in [-0.25, -0.2) is 9.78 Å². The molecule has 0 saturated carbocycles. The monoisotopic (exact) mass is 320 g/mol. The van der Waals surface area contributed by atoms with Crippen molar-refractivity contribution in [1.29, 1.82) is 0 Å². The molecule has 1 atom stereocenters. The molecule has 0 aliphatic rings. The molecule has 22 heavy (non-hydrogen) atoms. The Bertz CT molecular complexity index is 684. The summed E-state index contributed by atoms with van der Waals surface area (Å²) in [6, 6.07) is 7.05. The molecule has 0 bridgehead atoms. The van der Waals surface area contributed by atoms with Gasteiger partial charge in [0.05, 0.1) is 6.54 Å². The molecule has 0 radical (unpaired) electrons. The highest BCUT2D eigenvalue weighted by Gasteiger charge is 2.18. The second kappa shape index (κ2) is 7.15. The number of carboxylic acid groups (broad SMARTS) is 1. The lowest BCUT2D eigenvalue weighted by Gasteiger charge is -2.11. The average molecular weight is 320 g/mol. The number of carboxylic acids is 1. The second-order valence-corrected chi connectivity index (χ2v) is 5.51. The molecule has 1 aromatic heterocycles. The van der Waals surface area contributed by atoms with Crippen LogP contribution in [0.3, 0.4) is 0 Å². The van der Waals surface area contributed by atoms with Gasteiger partial charge in [0.1, 0.15) is 5.01 Å². The van der Waals surface area contributed by atoms with Crippen molar-refractivity contribution in [3.63, 3.8) is 0 Å². The number of thiazole rings is 1. The molecule has 2 aromatic rings. The zero-order valence-electron chi connectivity index (χ0n) is 12.2. The van der Waals surface area contributed by atoms with E-state index in [1.165, 1.54) is 18.4 Å². The van der Waals surface area contributed by atoms with Gasteiger partial charge in [-0.15, -0.1) is 11.3 Å². The van der Waals surface area contributed by atoms with Crippen LogP contribution in [-0.4, -0.2) is 41.7 Å². The molecule has 0 saturated heterocycles. The number of ether oxygens (including phenoxy) is 1. The summed E-state index contributed by atoms with van der Waals surface area (Å²) >= 11 is 1.51. The third kappa shape index (κ3) is 3.90. The third-order valence-electron chi connectivity index (χ3n) is 3.00. The molecule has 1 amide bonds. The van der Waals surface area contributed by atoms with Crippen LogP contribution in [0.25, 0.3) is 10.6 Å². The average Bonchev–Trinajstić information content (AvgIpc) is 2.94. The van der Waals surface area contributed by atoms with Crippen LogP contribution in [0, 0.1) is 6.92 Å². The molecule has 0 fully saturated rings. The van der Waals surface area contributed by atoms with Crippen molar-refractivity contribution in [1.82, 2.24) is 10.3 Å². The standard InChI is InChI=1S/C15H16N2O4S/c1-9-8-22-14(17-9)11-5-3-4-10(6-11)13(18)16-7-12(21-2)15(19)20/h3-6,8,12H,7H2,1-2H3,(H,16,18)(H,19,20). The van der Waals surface area contributed by atoms with Crippen LogP contribution in [0.2, 0.25) is 0 Å². The number of aliphatic carboxylic acids is 1. The quantitative estimate of drug-likeness (QED) is 0.849. The zero-order valence-corrected chi connectivity index (χ0v) is 13.0. The molecular weight excluding hydrogens is 304 g/mol. The van der Waals surface area contributed by atoms with Gasteiger partial charge in [-0.2, -0.15) is 0 Å². The van der Waals surface area contributed by atoms with E-state index in [9.17, 15) is 9.59 Å². The number of nitrogens with one attached hydrogen (secondary N) is 1. The number of hydrogen-bond donors (Lipinski definition) is 2. The minimum Gasteiger partial charge on any atom is -0.479 e. The highest BCUT2D eigenvalue weighted by atomic mass is 32.1. The topological polar surface area (TPSA) is 88.5 Å². The summed E-state index contributed by atoms with van der Waals surface area (Å²) < 4.78 is 4.77. The summed E-state index contributed by atoms with van der Waals surface area (Å²) in [5.74, 6) is -1.46. The number of amides is 1. The fourth-order valence-electron chi connectivity index (χ4n) is 1.84. The Kier molecular flexibility index (Phi) is 5.24. The van der Waals surface area contributed by atoms with Gasteiger partial charge in [0.15, 0.2) is 6.10 Å². The van der Waals surface area contributed by atoms with Gasteiger partial charge in [-0.3, -0.25) is 4.79 Å². The zero-order chi connectivity index (χ0) is 16.1. The Morgan fingerprint density at radius 1 is 1.45 bits per heavy atom. The Labute approximate surface area is 131 Å². The van der Waals surface area contributed by atoms with Crippen LogP contribution in [0.15, 0.2) is 29.6 Å². The predicted octanol–water partition coefficient (Wildman–Crippen LogP) is 1.95. The Balaban J connectivity index is 2.09. The maximum Gasteiger partial charge on any atom is 0.334 e. The number of carbonyl (C=O) groups excluding carboxylic acids is 1. The van der Waals surface area contributed by atoms with Crippen molar-refractivity contribution in [3.8, 4) is 10.6 Å². The first-order chi connectivity index (χ1) is 10.5. The second-order valence-electron chi connectivity index (χ2n) is 4.65. The van der Waals surface area contributed by atoms with Crippen LogP contribution in [0.5, 0.6) is 0 Å². The maximum absolute atomic E-state index is 12.1. The fourth-order valence-corrected chi connectivity index (χ4v) is 2.63. The molecule has 1 heterocycles. The van der Waals surface area contributed by atoms with E-state index in [0.717, 1.165) is 16.3 Å². The van der Waals surface area contributed by atoms with Crippen LogP contribution in [0.1, 0.15) is 16.1 Å². The molecule has 0 spiro atoms. The summed E-state index contributed by atoms with van der Waals surface area (Å²) in [5, 5.41) is 14.2. The van der Waals surface area contributed by atoms with E-state index < -0.39 is 12.1 Å². The highest BCUT2D eigenvalue weighted by molar-refractivity contribution is 7.13. The summed E-state index contributed by atoms with van der Waals surface area (Å²) in [4.78, 5) is 27.3. The lowest BCUT2D eigenvalue weighted by Crippen LogP contribution is -2.37. The van der Waals surface area contributed by atoms with Gasteiger partial charge in [-0.1, -0.05) is 12.1 Å². The lowest BCUT2D eigenvalue weighted by atomic mass is 10.1. The molecule has 7 heteroatoms. The molecule has 2 N–H and O–H groups in total. The first-order valence-electron chi connectivity index (χ1n) is 6.57. The van der Waals surface area contributed by atoms with Crippen molar-refractivity contribution >= 4 is 23.2 Å². The van der Waals surface area contributed by atoms with Gasteiger partial charge in [0.2, 0.25) is 0 Å². The first-order valence-corrected chi connectivity index (χ1v) is 7.45. The first kappa shape index (κ1) is 16.1. The van der Waals surface area contributed by atoms with E-state index in [2.05, 4.69) is 10.3 Å². The summed E-state index contributed by atoms with van der Waals surface area (Å²) in [5.41, 5.74) is 2.23. The van der Waals surface area contributed by atoms with Gasteiger partial charge in [0, 0.05) is 29.3 Å². The van der Waals surface area contributed by atoms with Crippen LogP contribution in [0.4, 0.5) is 0 Å². The fraction of sp³-hybridized carbons (Fsp3) is 0.267. The summed E-state index contributed by atoms with van der Waals surface area (Å²) in [6.07, 6.45) is -1.06. The molecule has 6 nitrogen and oxygen atoms in total. The molecule has 0 aliphatic heterocycles. The third-order valence-corrected chi connectivity index (χ3v) is 4.01. The van der Waals surface area contributed by atoms with E-state index >= 15 is 0 Å². The SMILES string of the molecule is COC(CNC(=O)c1cccc(-c2nc(C)cs2)c1)C(=O)O. The predicted molar refractivity (Wildman–Crippen MR) is 83.1 cm³/mol. The number of nitrogens with zero attached hydrogens (tertiary/aromatic N) is 1. The minimum absolute atomic E-state index is 0.0920. The van der Waals surface area contributed by atoms with Crippen LogP contribution in [-0.2, 0) is 9.53 Å². The summed E-state index contributed by atoms with van der Waals surface area (Å²) in [7, 11) is 1.29. The lowest BCUT2D eigenvalue weighted by molar-refractivity contribution is -0.148. The van der Waals surface area contributed by atoms with Crippen molar-refractivity contribution in [2.75, 3.05) is 13.7 Å². The van der Waals surface area contributed by atoms with E-state index in [0.29, 0.717) is 5.56 Å². The number of carbonyl (C=O) groups is 2. The van der Waals surface area contributed by atoms with Gasteiger partial charge < -0.3 is 15.2 Å². The van der Waals surface area contributed by atoms with Crippen LogP contribution >= 0.6 is 11.3 Å². The molecule has 0 aliphatic carbocycles. The number of methoxy groups -OCH3 is 1. The van der Waals surface area contributed by atoms with Crippen molar-refractivity contribution in [3.05, 3.63) is 40.9 Å². The van der Waals surface area contributed by atoms with Crippen molar-refractivity contribution in [2.45, 2.75) is 13.0 Å². The van der Waals surface area contributed by atoms with Gasteiger partial charge in [0.25, 0.3) is 5.91 Å². The van der Waals surface area contributed by atoms with E-state index in [4.69, 9.17) is 9.84 Å². The molecule has 2 rings (SSSR count). The van der Waals surface area contributed by atoms with Crippen LogP contribution < -0.4 is 5.32 Å². The van der Waals surface area contributed by atoms with Gasteiger partial charge in [-0.05, 0) is 19.1 Å². The maximum atomic E-state index is 12.1. The number of hydrogen-bond acceptors (Lipinski definition) is 5. The molecule has 1 unspecified atom stereocenters. The highest BCUT2D eigenvalue weighted by Crippen LogP contribution is 2.24. The minimum atomic E-state index is -1.12. The summed E-state index contributed by atoms with van der Waals surface area (Å²) in [6.45, 7) is 1.82. The number of aryl methyl sites for hydroxylation is 1. The van der Waals surface area contributed by atoms with E-state index in [-0.39, 0.29) is 12.5 Å². The Hall–Kier alpha value is -2.25. The number of rotatable bonds is 6. The van der Waals surface area contributed by atoms with Gasteiger partial charge >= 0.3 is 5.97 Å². The normalized spacial score (nSPS) is 11.9. The largest absolute Gasteiger partial charge is 0.479 e. The molecule has 116 valence electrons. The molecule has 1 aromatic carbocycles. The Morgan fingerprint density at radius 3 is 2.82 bits per heavy atom. The van der Waals surface area contributed by atoms with E-state index in [1.54, 1.807) is 18.2 Å².